The molecular formula is C25H23N3O4. The highest BCUT2D eigenvalue weighted by molar-refractivity contribution is 6.10. The van der Waals surface area contributed by atoms with Crippen molar-refractivity contribution in [1.82, 2.24) is 10.2 Å². The van der Waals surface area contributed by atoms with Crippen LogP contribution in [0.3, 0.4) is 0 Å². The summed E-state index contributed by atoms with van der Waals surface area (Å²) in [6, 6.07) is 23.5. The first kappa shape index (κ1) is 21.1. The van der Waals surface area contributed by atoms with Gasteiger partial charge >= 0.3 is 6.03 Å². The van der Waals surface area contributed by atoms with E-state index in [4.69, 9.17) is 4.74 Å². The monoisotopic (exact) mass is 429 g/mol. The van der Waals surface area contributed by atoms with Crippen molar-refractivity contribution in [2.45, 2.75) is 12.5 Å². The van der Waals surface area contributed by atoms with E-state index in [1.54, 1.807) is 50.4 Å². The van der Waals surface area contributed by atoms with Crippen LogP contribution in [-0.2, 0) is 15.1 Å². The number of ether oxygens (including phenoxy) is 1. The topological polar surface area (TPSA) is 87.7 Å². The smallest absolute Gasteiger partial charge is 0.325 e. The number of methoxy groups -OCH3 is 1. The summed E-state index contributed by atoms with van der Waals surface area (Å²) in [4.78, 5) is 39.0. The third-order valence-electron chi connectivity index (χ3n) is 5.52. The molecule has 32 heavy (non-hydrogen) atoms. The minimum atomic E-state index is -1.25. The number of hydrogen-bond donors (Lipinski definition) is 2. The lowest BCUT2D eigenvalue weighted by atomic mass is 9.92. The Balaban J connectivity index is 1.42. The van der Waals surface area contributed by atoms with Crippen molar-refractivity contribution in [3.05, 3.63) is 84.4 Å². The highest BCUT2D eigenvalue weighted by Gasteiger charge is 2.49. The van der Waals surface area contributed by atoms with Crippen molar-refractivity contribution in [3.63, 3.8) is 0 Å². The van der Waals surface area contributed by atoms with Gasteiger partial charge in [0.05, 0.1) is 7.11 Å². The minimum Gasteiger partial charge on any atom is -0.497 e. The fourth-order valence-electron chi connectivity index (χ4n) is 3.68. The van der Waals surface area contributed by atoms with E-state index >= 15 is 0 Å². The summed E-state index contributed by atoms with van der Waals surface area (Å²) >= 11 is 0. The largest absolute Gasteiger partial charge is 0.497 e. The molecule has 0 spiro atoms. The summed E-state index contributed by atoms with van der Waals surface area (Å²) in [5.41, 5.74) is 2.03. The fraction of sp³-hybridized carbons (Fsp3) is 0.160. The number of hydrogen-bond acceptors (Lipinski definition) is 4. The van der Waals surface area contributed by atoms with E-state index in [1.165, 1.54) is 0 Å². The maximum Gasteiger partial charge on any atom is 0.325 e. The standard InChI is InChI=1S/C25H23N3O4/c1-25(19-10-14-21(32-2)15-11-19)23(30)28(24(31)27-25)16-22(29)26-20-12-8-18(9-13-20)17-6-4-3-5-7-17/h3-15H,16H2,1-2H3,(H,26,29)(H,27,31). The predicted molar refractivity (Wildman–Crippen MR) is 121 cm³/mol. The lowest BCUT2D eigenvalue weighted by molar-refractivity contribution is -0.133. The second-order valence-electron chi connectivity index (χ2n) is 7.67. The Hall–Kier alpha value is -4.13. The van der Waals surface area contributed by atoms with Gasteiger partial charge in [-0.25, -0.2) is 4.79 Å². The highest BCUT2D eigenvalue weighted by atomic mass is 16.5. The molecule has 1 aliphatic heterocycles. The van der Waals surface area contributed by atoms with Crippen LogP contribution in [-0.4, -0.2) is 36.4 Å². The molecule has 1 heterocycles. The van der Waals surface area contributed by atoms with Crippen molar-refractivity contribution in [3.8, 4) is 16.9 Å². The number of urea groups is 1. The summed E-state index contributed by atoms with van der Waals surface area (Å²) < 4.78 is 5.14. The molecule has 0 bridgehead atoms. The van der Waals surface area contributed by atoms with Crippen LogP contribution in [0.4, 0.5) is 10.5 Å². The Kier molecular flexibility index (Phi) is 5.64. The summed E-state index contributed by atoms with van der Waals surface area (Å²) in [5, 5.41) is 5.44. The van der Waals surface area contributed by atoms with Crippen molar-refractivity contribution in [2.75, 3.05) is 19.0 Å². The molecule has 162 valence electrons. The Morgan fingerprint density at radius 1 is 0.938 bits per heavy atom. The Morgan fingerprint density at radius 2 is 1.56 bits per heavy atom. The van der Waals surface area contributed by atoms with E-state index in [0.29, 0.717) is 17.0 Å². The molecule has 7 nitrogen and oxygen atoms in total. The van der Waals surface area contributed by atoms with Crippen molar-refractivity contribution in [1.29, 1.82) is 0 Å². The van der Waals surface area contributed by atoms with Crippen LogP contribution in [0, 0.1) is 0 Å². The predicted octanol–water partition coefficient (Wildman–Crippen LogP) is 3.77. The number of benzene rings is 3. The molecule has 0 radical (unpaired) electrons. The number of carbonyl (C=O) groups excluding carboxylic acids is 3. The third kappa shape index (κ3) is 4.05. The van der Waals surface area contributed by atoms with Crippen molar-refractivity contribution in [2.24, 2.45) is 0 Å². The van der Waals surface area contributed by atoms with Gasteiger partial charge in [0.1, 0.15) is 17.8 Å². The number of carbonyl (C=O) groups is 3. The molecule has 1 fully saturated rings. The zero-order valence-electron chi connectivity index (χ0n) is 17.8. The molecule has 4 amide bonds. The molecule has 4 rings (SSSR count). The number of rotatable bonds is 6. The first-order valence-electron chi connectivity index (χ1n) is 10.1. The van der Waals surface area contributed by atoms with Crippen LogP contribution < -0.4 is 15.4 Å². The van der Waals surface area contributed by atoms with Gasteiger partial charge in [-0.1, -0.05) is 54.6 Å². The van der Waals surface area contributed by atoms with Crippen LogP contribution in [0.15, 0.2) is 78.9 Å². The molecule has 3 aromatic rings. The quantitative estimate of drug-likeness (QED) is 0.584. The highest BCUT2D eigenvalue weighted by Crippen LogP contribution is 2.30. The van der Waals surface area contributed by atoms with Crippen LogP contribution >= 0.6 is 0 Å². The maximum atomic E-state index is 13.0. The number of amides is 4. The Bertz CT molecular complexity index is 1140. The average molecular weight is 429 g/mol. The second-order valence-corrected chi connectivity index (χ2v) is 7.67. The molecule has 1 unspecified atom stereocenters. The molecule has 7 heteroatoms. The van der Waals surface area contributed by atoms with Gasteiger partial charge in [-0.2, -0.15) is 0 Å². The van der Waals surface area contributed by atoms with E-state index in [2.05, 4.69) is 10.6 Å². The average Bonchev–Trinajstić information content (AvgIpc) is 3.04. The van der Waals surface area contributed by atoms with Crippen molar-refractivity contribution >= 4 is 23.5 Å². The van der Waals surface area contributed by atoms with Crippen LogP contribution in [0.1, 0.15) is 12.5 Å². The molecular weight excluding hydrogens is 406 g/mol. The van der Waals surface area contributed by atoms with Gasteiger partial charge in [-0.15, -0.1) is 0 Å². The normalized spacial score (nSPS) is 17.8. The zero-order chi connectivity index (χ0) is 22.7. The van der Waals surface area contributed by atoms with Gasteiger partial charge in [-0.3, -0.25) is 14.5 Å². The van der Waals surface area contributed by atoms with Crippen LogP contribution in [0.5, 0.6) is 5.75 Å². The first-order valence-corrected chi connectivity index (χ1v) is 10.1. The van der Waals surface area contributed by atoms with Gasteiger partial charge in [0.15, 0.2) is 0 Å². The molecule has 2 N–H and O–H groups in total. The van der Waals surface area contributed by atoms with E-state index in [9.17, 15) is 14.4 Å². The van der Waals surface area contributed by atoms with Gasteiger partial charge in [0.2, 0.25) is 5.91 Å². The number of nitrogens with one attached hydrogen (secondary N) is 2. The number of nitrogens with zero attached hydrogens (tertiary/aromatic N) is 1. The minimum absolute atomic E-state index is 0.378. The van der Waals surface area contributed by atoms with Gasteiger partial charge < -0.3 is 15.4 Å². The second kappa shape index (κ2) is 8.55. The van der Waals surface area contributed by atoms with Crippen LogP contribution in [0.25, 0.3) is 11.1 Å². The lowest BCUT2D eigenvalue weighted by Gasteiger charge is -2.22. The van der Waals surface area contributed by atoms with E-state index < -0.39 is 23.4 Å². The Morgan fingerprint density at radius 3 is 2.19 bits per heavy atom. The maximum absolute atomic E-state index is 13.0. The SMILES string of the molecule is COc1ccc(C2(C)NC(=O)N(CC(=O)Nc3ccc(-c4ccccc4)cc3)C2=O)cc1. The summed E-state index contributed by atoms with van der Waals surface area (Å²) in [5.74, 6) is -0.300. The molecule has 0 aromatic heterocycles. The molecule has 1 saturated heterocycles. The molecule has 0 aliphatic carbocycles. The van der Waals surface area contributed by atoms with E-state index in [0.717, 1.165) is 16.0 Å². The van der Waals surface area contributed by atoms with Gasteiger partial charge in [-0.05, 0) is 47.9 Å². The number of anilines is 1. The van der Waals surface area contributed by atoms with Gasteiger partial charge in [0, 0.05) is 5.69 Å². The Labute approximate surface area is 186 Å². The first-order chi connectivity index (χ1) is 15.4. The number of imide groups is 1. The summed E-state index contributed by atoms with van der Waals surface area (Å²) in [6.07, 6.45) is 0. The fourth-order valence-corrected chi connectivity index (χ4v) is 3.68. The summed E-state index contributed by atoms with van der Waals surface area (Å²) in [7, 11) is 1.55. The third-order valence-corrected chi connectivity index (χ3v) is 5.52. The zero-order valence-corrected chi connectivity index (χ0v) is 17.8. The molecule has 0 saturated carbocycles. The van der Waals surface area contributed by atoms with Crippen LogP contribution in [0.2, 0.25) is 0 Å². The lowest BCUT2D eigenvalue weighted by Crippen LogP contribution is -2.42. The van der Waals surface area contributed by atoms with E-state index in [1.807, 2.05) is 42.5 Å². The molecule has 1 aliphatic rings. The van der Waals surface area contributed by atoms with Crippen molar-refractivity contribution < 1.29 is 19.1 Å². The van der Waals surface area contributed by atoms with Gasteiger partial charge in [0.25, 0.3) is 5.91 Å². The summed E-state index contributed by atoms with van der Waals surface area (Å²) in [6.45, 7) is 1.24. The molecule has 3 aromatic carbocycles. The van der Waals surface area contributed by atoms with E-state index in [-0.39, 0.29) is 6.54 Å². The molecule has 1 atom stereocenters.